The van der Waals surface area contributed by atoms with Crippen LogP contribution in [0.2, 0.25) is 0 Å². The number of hydrogen-bond donors (Lipinski definition) is 1. The van der Waals surface area contributed by atoms with Crippen LogP contribution >= 0.6 is 11.6 Å². The van der Waals surface area contributed by atoms with E-state index < -0.39 is 47.0 Å². The fourth-order valence-electron chi connectivity index (χ4n) is 5.85. The van der Waals surface area contributed by atoms with Gasteiger partial charge in [0.05, 0.1) is 5.56 Å². The summed E-state index contributed by atoms with van der Waals surface area (Å²) >= 11 is 5.30. The van der Waals surface area contributed by atoms with Crippen LogP contribution in [0.15, 0.2) is 97.6 Å². The highest BCUT2D eigenvalue weighted by atomic mass is 35.5. The van der Waals surface area contributed by atoms with Crippen molar-refractivity contribution < 1.29 is 71.9 Å². The molecule has 0 aliphatic carbocycles. The third-order valence-corrected chi connectivity index (χ3v) is 8.12. The molecule has 0 spiro atoms. The number of ether oxygens (including phenoxy) is 6. The van der Waals surface area contributed by atoms with E-state index in [4.69, 9.17) is 45.1 Å². The minimum atomic E-state index is -1.22. The number of hydrogen-bond acceptors (Lipinski definition) is 14. The Kier molecular flexibility index (Phi) is 22.5. The Hall–Kier alpha value is -8.17. The number of halogens is 1. The predicted molar refractivity (Wildman–Crippen MR) is 255 cm³/mol. The fraction of sp³-hybridized carbons (Fsp3) is 0.192. The smallest absolute Gasteiger partial charge is 0.335 e. The number of rotatable bonds is 11. The largest absolute Gasteiger partial charge is 0.478 e. The van der Waals surface area contributed by atoms with Crippen LogP contribution in [0.4, 0.5) is 0 Å². The number of carboxylic acids is 1. The van der Waals surface area contributed by atoms with Gasteiger partial charge in [0.25, 0.3) is 5.24 Å². The standard InChI is InChI=1S/C20H20O4.C11H9ClO5.C11H10O6.C10H12/c1-13-7-14(2)9-17(8-13)5-6-18-10-19(23-15(3)21)12-20(11-18)24-16(4)22;1-6(13)16-9-3-8(11(12)15)4-10(5-9)17-7(2)14;1-6(12)16-9-3-8(11(14)15)4-10(5-9)17-7(2)13;1-4-10-6-8(2)5-9(3)7-10/h5-12H,1-4H3;3-5H,1-2H3;3-5H,1-2H3,(H,14,15);4-7H,1H2,2-3H3/b6-5+;;;. The molecule has 5 aromatic rings. The average Bonchev–Trinajstić information content (AvgIpc) is 3.18. The molecule has 5 aromatic carbocycles. The van der Waals surface area contributed by atoms with E-state index in [1.165, 1.54) is 99.7 Å². The Morgan fingerprint density at radius 2 is 0.647 bits per heavy atom. The van der Waals surface area contributed by atoms with Gasteiger partial charge in [0, 0.05) is 65.3 Å². The lowest BCUT2D eigenvalue weighted by Crippen LogP contribution is -2.06. The van der Waals surface area contributed by atoms with Crippen molar-refractivity contribution in [2.75, 3.05) is 0 Å². The van der Waals surface area contributed by atoms with Gasteiger partial charge in [-0.05, 0) is 92.4 Å². The summed E-state index contributed by atoms with van der Waals surface area (Å²) in [7, 11) is 0. The zero-order valence-electron chi connectivity index (χ0n) is 39.1. The van der Waals surface area contributed by atoms with Gasteiger partial charge in [0.15, 0.2) is 0 Å². The first-order chi connectivity index (χ1) is 31.8. The maximum absolute atomic E-state index is 11.2. The monoisotopic (exact) mass is 950 g/mol. The van der Waals surface area contributed by atoms with Crippen molar-refractivity contribution in [2.45, 2.75) is 69.2 Å². The first-order valence-corrected chi connectivity index (χ1v) is 20.6. The Labute approximate surface area is 398 Å². The molecule has 0 heterocycles. The summed E-state index contributed by atoms with van der Waals surface area (Å²) in [5.74, 6) is -3.53. The molecule has 0 aliphatic rings. The number of benzene rings is 5. The van der Waals surface area contributed by atoms with Crippen LogP contribution < -0.4 is 28.4 Å². The van der Waals surface area contributed by atoms with E-state index in [9.17, 15) is 38.4 Å². The summed E-state index contributed by atoms with van der Waals surface area (Å²) in [6.45, 7) is 19.4. The molecule has 0 radical (unpaired) electrons. The molecule has 0 saturated heterocycles. The summed E-state index contributed by atoms with van der Waals surface area (Å²) in [6.07, 6.45) is 5.72. The molecule has 356 valence electrons. The predicted octanol–water partition coefficient (Wildman–Crippen LogP) is 10.4. The van der Waals surface area contributed by atoms with Gasteiger partial charge >= 0.3 is 41.8 Å². The van der Waals surface area contributed by atoms with E-state index in [0.29, 0.717) is 11.5 Å². The quantitative estimate of drug-likeness (QED) is 0.0564. The second-order valence-corrected chi connectivity index (χ2v) is 15.0. The number of aromatic carboxylic acids is 1. The molecular formula is C52H51ClO15. The van der Waals surface area contributed by atoms with Crippen LogP contribution in [0, 0.1) is 27.7 Å². The second kappa shape index (κ2) is 27.3. The molecule has 0 bridgehead atoms. The van der Waals surface area contributed by atoms with Crippen LogP contribution in [0.3, 0.4) is 0 Å². The summed E-state index contributed by atoms with van der Waals surface area (Å²) in [5, 5.41) is 8.08. The lowest BCUT2D eigenvalue weighted by molar-refractivity contribution is -0.133. The van der Waals surface area contributed by atoms with Crippen LogP contribution in [0.1, 0.15) is 101 Å². The molecule has 5 rings (SSSR count). The Morgan fingerprint density at radius 3 is 0.897 bits per heavy atom. The van der Waals surface area contributed by atoms with Crippen LogP contribution in [0.25, 0.3) is 18.2 Å². The number of aryl methyl sites for hydroxylation is 4. The van der Waals surface area contributed by atoms with Crippen LogP contribution in [-0.4, -0.2) is 52.1 Å². The maximum atomic E-state index is 11.2. The highest BCUT2D eigenvalue weighted by Gasteiger charge is 2.13. The summed E-state index contributed by atoms with van der Waals surface area (Å²) in [4.78, 5) is 87.2. The van der Waals surface area contributed by atoms with Crippen molar-refractivity contribution >= 4 is 76.9 Å². The molecular weight excluding hydrogens is 900 g/mol. The lowest BCUT2D eigenvalue weighted by atomic mass is 10.1. The third kappa shape index (κ3) is 22.6. The van der Waals surface area contributed by atoms with Gasteiger partial charge in [-0.1, -0.05) is 83.5 Å². The van der Waals surface area contributed by atoms with Crippen LogP contribution in [-0.2, 0) is 28.8 Å². The summed E-state index contributed by atoms with van der Waals surface area (Å²) in [6, 6.07) is 25.1. The van der Waals surface area contributed by atoms with E-state index in [1.807, 2.05) is 32.1 Å². The van der Waals surface area contributed by atoms with Gasteiger partial charge < -0.3 is 33.5 Å². The Morgan fingerprint density at radius 1 is 0.397 bits per heavy atom. The van der Waals surface area contributed by atoms with Crippen molar-refractivity contribution in [2.24, 2.45) is 0 Å². The minimum absolute atomic E-state index is 0.00801. The van der Waals surface area contributed by atoms with Gasteiger partial charge in [-0.2, -0.15) is 0 Å². The first-order valence-electron chi connectivity index (χ1n) is 20.3. The SMILES string of the molecule is C=Cc1cc(C)cc(C)c1.CC(=O)Oc1cc(/C=C/c2cc(C)cc(C)c2)cc(OC(C)=O)c1.CC(=O)Oc1cc(OC(C)=O)cc(C(=O)Cl)c1.CC(=O)Oc1cc(OC(C)=O)cc(C(=O)O)c1. The number of carbonyl (C=O) groups is 8. The number of esters is 6. The van der Waals surface area contributed by atoms with E-state index in [-0.39, 0.29) is 34.1 Å². The molecule has 0 atom stereocenters. The Balaban J connectivity index is 0.000000324. The molecule has 1 N–H and O–H groups in total. The molecule has 68 heavy (non-hydrogen) atoms. The van der Waals surface area contributed by atoms with E-state index >= 15 is 0 Å². The van der Waals surface area contributed by atoms with Crippen molar-refractivity contribution in [1.29, 1.82) is 0 Å². The first kappa shape index (κ1) is 56.0. The molecule has 0 amide bonds. The van der Waals surface area contributed by atoms with Gasteiger partial charge in [0.1, 0.15) is 34.5 Å². The van der Waals surface area contributed by atoms with Gasteiger partial charge in [-0.15, -0.1) is 0 Å². The summed E-state index contributed by atoms with van der Waals surface area (Å²) < 4.78 is 29.2. The van der Waals surface area contributed by atoms with Crippen molar-refractivity contribution in [3.05, 3.63) is 148 Å². The van der Waals surface area contributed by atoms with Gasteiger partial charge in [0.2, 0.25) is 0 Å². The van der Waals surface area contributed by atoms with Crippen molar-refractivity contribution in [3.63, 3.8) is 0 Å². The van der Waals surface area contributed by atoms with Crippen molar-refractivity contribution in [1.82, 2.24) is 0 Å². The summed E-state index contributed by atoms with van der Waals surface area (Å²) in [5.41, 5.74) is 7.94. The third-order valence-electron chi connectivity index (χ3n) is 7.90. The molecule has 15 nitrogen and oxygen atoms in total. The van der Waals surface area contributed by atoms with Gasteiger partial charge in [-0.25, -0.2) is 4.79 Å². The maximum Gasteiger partial charge on any atom is 0.335 e. The molecule has 16 heteroatoms. The normalized spacial score (nSPS) is 9.93. The zero-order valence-corrected chi connectivity index (χ0v) is 39.9. The zero-order chi connectivity index (χ0) is 51.2. The van der Waals surface area contributed by atoms with Gasteiger partial charge in [-0.3, -0.25) is 33.6 Å². The Bertz CT molecular complexity index is 2500. The second-order valence-electron chi connectivity index (χ2n) is 14.6. The van der Waals surface area contributed by atoms with Crippen molar-refractivity contribution in [3.8, 4) is 34.5 Å². The van der Waals surface area contributed by atoms with E-state index in [2.05, 4.69) is 56.8 Å². The molecule has 0 aromatic heterocycles. The number of carbonyl (C=O) groups excluding carboxylic acids is 7. The highest BCUT2D eigenvalue weighted by molar-refractivity contribution is 6.67. The topological polar surface area (TPSA) is 212 Å². The minimum Gasteiger partial charge on any atom is -0.478 e. The molecule has 0 unspecified atom stereocenters. The fourth-order valence-corrected chi connectivity index (χ4v) is 5.96. The molecule has 0 fully saturated rings. The number of carboxylic acid groups (broad SMARTS) is 1. The average molecular weight is 951 g/mol. The highest BCUT2D eigenvalue weighted by Crippen LogP contribution is 2.27. The molecule has 0 saturated carbocycles. The van der Waals surface area contributed by atoms with E-state index in [1.54, 1.807) is 12.1 Å². The van der Waals surface area contributed by atoms with E-state index in [0.717, 1.165) is 23.3 Å². The molecule has 0 aliphatic heterocycles. The van der Waals surface area contributed by atoms with Crippen LogP contribution in [0.5, 0.6) is 34.5 Å². The lowest BCUT2D eigenvalue weighted by Gasteiger charge is -2.07.